The average molecular weight is 208 g/mol. The van der Waals surface area contributed by atoms with Gasteiger partial charge in [0.1, 0.15) is 0 Å². The van der Waals surface area contributed by atoms with E-state index < -0.39 is 0 Å². The van der Waals surface area contributed by atoms with E-state index in [1.165, 1.54) is 5.56 Å². The van der Waals surface area contributed by atoms with Crippen LogP contribution in [0.5, 0.6) is 0 Å². The summed E-state index contributed by atoms with van der Waals surface area (Å²) in [4.78, 5) is 0. The molecular formula is C12H20N2O. The molecule has 4 N–H and O–H groups in total. The number of hydrogen-bond donors (Lipinski definition) is 3. The van der Waals surface area contributed by atoms with Crippen LogP contribution in [0.25, 0.3) is 0 Å². The van der Waals surface area contributed by atoms with E-state index in [4.69, 9.17) is 10.8 Å². The van der Waals surface area contributed by atoms with Gasteiger partial charge in [-0.2, -0.15) is 0 Å². The first kappa shape index (κ1) is 11.9. The molecule has 1 rings (SSSR count). The molecule has 0 aliphatic carbocycles. The highest BCUT2D eigenvalue weighted by Gasteiger charge is 2.04. The van der Waals surface area contributed by atoms with Crippen molar-refractivity contribution in [3.05, 3.63) is 23.8 Å². The third kappa shape index (κ3) is 3.80. The molecule has 1 unspecified atom stereocenters. The van der Waals surface area contributed by atoms with Crippen molar-refractivity contribution in [3.8, 4) is 0 Å². The quantitative estimate of drug-likeness (QED) is 0.650. The molecule has 0 bridgehead atoms. The van der Waals surface area contributed by atoms with E-state index in [0.29, 0.717) is 6.04 Å². The zero-order chi connectivity index (χ0) is 11.3. The van der Waals surface area contributed by atoms with Crippen LogP contribution in [-0.4, -0.2) is 17.8 Å². The number of benzene rings is 1. The minimum atomic E-state index is 0.245. The second-order valence-electron chi connectivity index (χ2n) is 4.00. The Kier molecular flexibility index (Phi) is 4.43. The molecule has 84 valence electrons. The van der Waals surface area contributed by atoms with Crippen molar-refractivity contribution in [1.82, 2.24) is 0 Å². The number of nitrogens with one attached hydrogen (secondary N) is 1. The molecule has 15 heavy (non-hydrogen) atoms. The van der Waals surface area contributed by atoms with Crippen LogP contribution in [0.15, 0.2) is 18.2 Å². The van der Waals surface area contributed by atoms with Crippen LogP contribution in [0.3, 0.4) is 0 Å². The summed E-state index contributed by atoms with van der Waals surface area (Å²) in [5.74, 6) is 0. The van der Waals surface area contributed by atoms with Gasteiger partial charge in [0.15, 0.2) is 0 Å². The predicted molar refractivity (Wildman–Crippen MR) is 65.0 cm³/mol. The van der Waals surface area contributed by atoms with Gasteiger partial charge in [-0.25, -0.2) is 0 Å². The van der Waals surface area contributed by atoms with Gasteiger partial charge in [0.2, 0.25) is 0 Å². The van der Waals surface area contributed by atoms with Gasteiger partial charge < -0.3 is 16.2 Å². The highest BCUT2D eigenvalue weighted by molar-refractivity contribution is 5.67. The Morgan fingerprint density at radius 2 is 2.20 bits per heavy atom. The molecule has 3 heteroatoms. The van der Waals surface area contributed by atoms with Crippen molar-refractivity contribution >= 4 is 11.4 Å². The number of hydrogen-bond acceptors (Lipinski definition) is 3. The lowest BCUT2D eigenvalue weighted by Gasteiger charge is -2.16. The molecule has 0 spiro atoms. The largest absolute Gasteiger partial charge is 0.397 e. The fraction of sp³-hybridized carbons (Fsp3) is 0.500. The minimum absolute atomic E-state index is 0.245. The molecule has 0 fully saturated rings. The Hall–Kier alpha value is -1.22. The molecule has 0 aliphatic rings. The van der Waals surface area contributed by atoms with Gasteiger partial charge in [0, 0.05) is 12.6 Å². The second-order valence-corrected chi connectivity index (χ2v) is 4.00. The van der Waals surface area contributed by atoms with Crippen molar-refractivity contribution < 1.29 is 5.11 Å². The summed E-state index contributed by atoms with van der Waals surface area (Å²) in [6, 6.07) is 6.29. The topological polar surface area (TPSA) is 58.3 Å². The van der Waals surface area contributed by atoms with Gasteiger partial charge in [-0.05, 0) is 44.4 Å². The lowest BCUT2D eigenvalue weighted by atomic mass is 10.1. The van der Waals surface area contributed by atoms with Crippen LogP contribution < -0.4 is 11.1 Å². The van der Waals surface area contributed by atoms with E-state index in [9.17, 15) is 0 Å². The smallest absolute Gasteiger partial charge is 0.0578 e. The summed E-state index contributed by atoms with van der Waals surface area (Å²) in [5, 5.41) is 12.1. The van der Waals surface area contributed by atoms with Gasteiger partial charge in [-0.15, -0.1) is 0 Å². The highest BCUT2D eigenvalue weighted by atomic mass is 16.2. The van der Waals surface area contributed by atoms with Crippen LogP contribution in [0.2, 0.25) is 0 Å². The van der Waals surface area contributed by atoms with Crippen molar-refractivity contribution in [2.45, 2.75) is 32.7 Å². The fourth-order valence-electron chi connectivity index (χ4n) is 1.53. The van der Waals surface area contributed by atoms with Gasteiger partial charge in [0.25, 0.3) is 0 Å². The number of nitrogen functional groups attached to an aromatic ring is 1. The first-order chi connectivity index (χ1) is 7.13. The summed E-state index contributed by atoms with van der Waals surface area (Å²) in [6.45, 7) is 4.38. The SMILES string of the molecule is Cc1ccc(N)c(NC(C)CCCO)c1. The lowest BCUT2D eigenvalue weighted by molar-refractivity contribution is 0.282. The van der Waals surface area contributed by atoms with E-state index in [1.54, 1.807) is 0 Å². The first-order valence-corrected chi connectivity index (χ1v) is 5.37. The Morgan fingerprint density at radius 1 is 1.47 bits per heavy atom. The summed E-state index contributed by atoms with van der Waals surface area (Å²) in [5.41, 5.74) is 8.81. The summed E-state index contributed by atoms with van der Waals surface area (Å²) in [6.07, 6.45) is 1.77. The van der Waals surface area contributed by atoms with E-state index in [0.717, 1.165) is 24.2 Å². The lowest BCUT2D eigenvalue weighted by Crippen LogP contribution is -2.16. The third-order valence-electron chi connectivity index (χ3n) is 2.41. The molecule has 0 aromatic heterocycles. The van der Waals surface area contributed by atoms with E-state index >= 15 is 0 Å². The van der Waals surface area contributed by atoms with Crippen LogP contribution in [-0.2, 0) is 0 Å². The van der Waals surface area contributed by atoms with E-state index in [-0.39, 0.29) is 6.61 Å². The molecule has 1 atom stereocenters. The predicted octanol–water partition coefficient (Wildman–Crippen LogP) is 2.15. The molecule has 0 saturated carbocycles. The number of aryl methyl sites for hydroxylation is 1. The Morgan fingerprint density at radius 3 is 2.87 bits per heavy atom. The maximum Gasteiger partial charge on any atom is 0.0578 e. The molecule has 0 amide bonds. The molecule has 3 nitrogen and oxygen atoms in total. The maximum absolute atomic E-state index is 8.73. The monoisotopic (exact) mass is 208 g/mol. The number of nitrogens with two attached hydrogens (primary N) is 1. The third-order valence-corrected chi connectivity index (χ3v) is 2.41. The van der Waals surface area contributed by atoms with Gasteiger partial charge >= 0.3 is 0 Å². The Bertz CT molecular complexity index is 312. The number of rotatable bonds is 5. The molecule has 0 radical (unpaired) electrons. The van der Waals surface area contributed by atoms with Crippen LogP contribution in [0, 0.1) is 6.92 Å². The number of aliphatic hydroxyl groups is 1. The molecule has 0 heterocycles. The summed E-state index contributed by atoms with van der Waals surface area (Å²) < 4.78 is 0. The highest BCUT2D eigenvalue weighted by Crippen LogP contribution is 2.21. The van der Waals surface area contributed by atoms with Gasteiger partial charge in [-0.1, -0.05) is 6.07 Å². The Labute approximate surface area is 91.3 Å². The zero-order valence-electron chi connectivity index (χ0n) is 9.46. The summed E-state index contributed by atoms with van der Waals surface area (Å²) in [7, 11) is 0. The first-order valence-electron chi connectivity index (χ1n) is 5.37. The molecule has 0 saturated heterocycles. The van der Waals surface area contributed by atoms with E-state index in [1.807, 2.05) is 25.1 Å². The molecule has 0 aliphatic heterocycles. The van der Waals surface area contributed by atoms with Crippen molar-refractivity contribution in [1.29, 1.82) is 0 Å². The molecule has 1 aromatic rings. The number of anilines is 2. The van der Waals surface area contributed by atoms with Crippen LogP contribution >= 0.6 is 0 Å². The van der Waals surface area contributed by atoms with Gasteiger partial charge in [-0.3, -0.25) is 0 Å². The minimum Gasteiger partial charge on any atom is -0.397 e. The molecule has 1 aromatic carbocycles. The second kappa shape index (κ2) is 5.61. The van der Waals surface area contributed by atoms with Crippen LogP contribution in [0.1, 0.15) is 25.3 Å². The van der Waals surface area contributed by atoms with Crippen molar-refractivity contribution in [2.75, 3.05) is 17.7 Å². The van der Waals surface area contributed by atoms with Crippen molar-refractivity contribution in [2.24, 2.45) is 0 Å². The van der Waals surface area contributed by atoms with Gasteiger partial charge in [0.05, 0.1) is 11.4 Å². The maximum atomic E-state index is 8.73. The van der Waals surface area contributed by atoms with Crippen molar-refractivity contribution in [3.63, 3.8) is 0 Å². The van der Waals surface area contributed by atoms with E-state index in [2.05, 4.69) is 12.2 Å². The zero-order valence-corrected chi connectivity index (χ0v) is 9.46. The summed E-state index contributed by atoms with van der Waals surface area (Å²) >= 11 is 0. The Balaban J connectivity index is 2.59. The van der Waals surface area contributed by atoms with Crippen LogP contribution in [0.4, 0.5) is 11.4 Å². The standard InChI is InChI=1S/C12H20N2O/c1-9-5-6-11(13)12(8-9)14-10(2)4-3-7-15/h5-6,8,10,14-15H,3-4,7,13H2,1-2H3. The molecular weight excluding hydrogens is 188 g/mol. The average Bonchev–Trinajstić information content (AvgIpc) is 2.20. The number of aliphatic hydroxyl groups excluding tert-OH is 1. The fourth-order valence-corrected chi connectivity index (χ4v) is 1.53. The normalized spacial score (nSPS) is 12.5.